The Labute approximate surface area is 144 Å². The van der Waals surface area contributed by atoms with E-state index in [-0.39, 0.29) is 31.1 Å². The van der Waals surface area contributed by atoms with E-state index in [9.17, 15) is 9.90 Å². The first-order chi connectivity index (χ1) is 11.7. The number of carbonyl (C=O) groups excluding carboxylic acids is 1. The second-order valence-corrected chi connectivity index (χ2v) is 5.91. The zero-order valence-corrected chi connectivity index (χ0v) is 14.4. The lowest BCUT2D eigenvalue weighted by Gasteiger charge is -2.32. The topological polar surface area (TPSA) is 52.6 Å². The molecule has 0 saturated heterocycles. The summed E-state index contributed by atoms with van der Waals surface area (Å²) in [6, 6.07) is 19.5. The van der Waals surface area contributed by atoms with E-state index in [0.29, 0.717) is 0 Å². The third-order valence-corrected chi connectivity index (χ3v) is 4.20. The van der Waals surface area contributed by atoms with Gasteiger partial charge in [0.2, 0.25) is 5.91 Å². The van der Waals surface area contributed by atoms with Crippen molar-refractivity contribution in [2.75, 3.05) is 18.1 Å². The van der Waals surface area contributed by atoms with Crippen molar-refractivity contribution in [3.05, 3.63) is 66.2 Å². The van der Waals surface area contributed by atoms with Crippen LogP contribution in [0.25, 0.3) is 0 Å². The standard InChI is InChI=1S/C20H26N2O2/c1-3-18(15-23)22(19-12-8-5-9-13-19)14-20(24)21-16(2)17-10-6-4-7-11-17/h4-13,16,18,23H,3,14-15H2,1-2H3,(H,21,24)/t16-,18+/m0/s1. The number of rotatable bonds is 8. The summed E-state index contributed by atoms with van der Waals surface area (Å²) in [6.45, 7) is 4.23. The third-order valence-electron chi connectivity index (χ3n) is 4.20. The first-order valence-electron chi connectivity index (χ1n) is 8.42. The number of hydrogen-bond donors (Lipinski definition) is 2. The van der Waals surface area contributed by atoms with Crippen molar-refractivity contribution in [3.8, 4) is 0 Å². The van der Waals surface area contributed by atoms with E-state index in [1.165, 1.54) is 0 Å². The number of para-hydroxylation sites is 1. The monoisotopic (exact) mass is 326 g/mol. The number of amides is 1. The van der Waals surface area contributed by atoms with Crippen molar-refractivity contribution in [1.29, 1.82) is 0 Å². The largest absolute Gasteiger partial charge is 0.394 e. The van der Waals surface area contributed by atoms with Gasteiger partial charge in [0.05, 0.1) is 25.2 Å². The van der Waals surface area contributed by atoms with Crippen LogP contribution in [0, 0.1) is 0 Å². The zero-order valence-electron chi connectivity index (χ0n) is 14.4. The van der Waals surface area contributed by atoms with Crippen LogP contribution in [-0.4, -0.2) is 30.2 Å². The number of anilines is 1. The predicted octanol–water partition coefficient (Wildman–Crippen LogP) is 3.14. The smallest absolute Gasteiger partial charge is 0.240 e. The molecule has 0 unspecified atom stereocenters. The molecular weight excluding hydrogens is 300 g/mol. The number of carbonyl (C=O) groups is 1. The van der Waals surface area contributed by atoms with E-state index in [1.54, 1.807) is 0 Å². The maximum atomic E-state index is 12.5. The molecule has 0 saturated carbocycles. The van der Waals surface area contributed by atoms with Gasteiger partial charge >= 0.3 is 0 Å². The van der Waals surface area contributed by atoms with Crippen LogP contribution in [0.5, 0.6) is 0 Å². The van der Waals surface area contributed by atoms with E-state index in [2.05, 4.69) is 5.32 Å². The summed E-state index contributed by atoms with van der Waals surface area (Å²) in [4.78, 5) is 14.5. The first-order valence-corrected chi connectivity index (χ1v) is 8.42. The number of benzene rings is 2. The maximum absolute atomic E-state index is 12.5. The summed E-state index contributed by atoms with van der Waals surface area (Å²) in [5.41, 5.74) is 2.02. The molecule has 0 spiro atoms. The fraction of sp³-hybridized carbons (Fsp3) is 0.350. The Morgan fingerprint density at radius 3 is 2.21 bits per heavy atom. The van der Waals surface area contributed by atoms with Crippen LogP contribution in [0.15, 0.2) is 60.7 Å². The summed E-state index contributed by atoms with van der Waals surface area (Å²) >= 11 is 0. The molecule has 0 radical (unpaired) electrons. The Balaban J connectivity index is 2.07. The molecule has 0 heterocycles. The van der Waals surface area contributed by atoms with Crippen LogP contribution in [0.1, 0.15) is 31.9 Å². The van der Waals surface area contributed by atoms with Gasteiger partial charge in [0.15, 0.2) is 0 Å². The number of hydrogen-bond acceptors (Lipinski definition) is 3. The maximum Gasteiger partial charge on any atom is 0.240 e. The van der Waals surface area contributed by atoms with Crippen LogP contribution in [-0.2, 0) is 4.79 Å². The molecule has 0 fully saturated rings. The Morgan fingerprint density at radius 2 is 1.67 bits per heavy atom. The second kappa shape index (κ2) is 9.08. The molecule has 0 aromatic heterocycles. The van der Waals surface area contributed by atoms with Crippen LogP contribution < -0.4 is 10.2 Å². The van der Waals surface area contributed by atoms with E-state index < -0.39 is 0 Å². The molecule has 2 aromatic carbocycles. The lowest BCUT2D eigenvalue weighted by molar-refractivity contribution is -0.120. The van der Waals surface area contributed by atoms with Crippen molar-refractivity contribution in [2.45, 2.75) is 32.4 Å². The van der Waals surface area contributed by atoms with E-state index in [4.69, 9.17) is 0 Å². The van der Waals surface area contributed by atoms with Crippen LogP contribution >= 0.6 is 0 Å². The van der Waals surface area contributed by atoms with E-state index in [1.807, 2.05) is 79.4 Å². The SMILES string of the molecule is CC[C@H](CO)N(CC(=O)N[C@@H](C)c1ccccc1)c1ccccc1. The molecule has 4 nitrogen and oxygen atoms in total. The Bertz CT molecular complexity index is 612. The molecule has 1 amide bonds. The molecule has 128 valence electrons. The van der Waals surface area contributed by atoms with E-state index in [0.717, 1.165) is 17.7 Å². The lowest BCUT2D eigenvalue weighted by Crippen LogP contribution is -2.45. The van der Waals surface area contributed by atoms with Crippen molar-refractivity contribution >= 4 is 11.6 Å². The van der Waals surface area contributed by atoms with Crippen molar-refractivity contribution < 1.29 is 9.90 Å². The zero-order chi connectivity index (χ0) is 17.4. The number of aliphatic hydroxyl groups is 1. The van der Waals surface area contributed by atoms with Crippen molar-refractivity contribution in [1.82, 2.24) is 5.32 Å². The predicted molar refractivity (Wildman–Crippen MR) is 98.0 cm³/mol. The highest BCUT2D eigenvalue weighted by Crippen LogP contribution is 2.18. The lowest BCUT2D eigenvalue weighted by atomic mass is 10.1. The highest BCUT2D eigenvalue weighted by Gasteiger charge is 2.20. The summed E-state index contributed by atoms with van der Waals surface area (Å²) in [7, 11) is 0. The molecule has 0 aliphatic rings. The minimum absolute atomic E-state index is 0.0207. The van der Waals surface area contributed by atoms with Gasteiger partial charge in [-0.2, -0.15) is 0 Å². The fourth-order valence-corrected chi connectivity index (χ4v) is 2.77. The number of nitrogens with one attached hydrogen (secondary N) is 1. The Kier molecular flexibility index (Phi) is 6.82. The van der Waals surface area contributed by atoms with Gasteiger partial charge in [-0.05, 0) is 31.0 Å². The van der Waals surface area contributed by atoms with Crippen molar-refractivity contribution in [3.63, 3.8) is 0 Å². The van der Waals surface area contributed by atoms with Gasteiger partial charge in [0.25, 0.3) is 0 Å². The van der Waals surface area contributed by atoms with Gasteiger partial charge in [0.1, 0.15) is 0 Å². The van der Waals surface area contributed by atoms with Gasteiger partial charge in [-0.15, -0.1) is 0 Å². The molecule has 0 bridgehead atoms. The molecule has 24 heavy (non-hydrogen) atoms. The first kappa shape index (κ1) is 18.0. The van der Waals surface area contributed by atoms with Crippen LogP contribution in [0.2, 0.25) is 0 Å². The molecule has 0 aliphatic heterocycles. The number of aliphatic hydroxyl groups excluding tert-OH is 1. The molecule has 0 aliphatic carbocycles. The van der Waals surface area contributed by atoms with Crippen LogP contribution in [0.4, 0.5) is 5.69 Å². The molecule has 2 rings (SSSR count). The summed E-state index contributed by atoms with van der Waals surface area (Å²) in [6.07, 6.45) is 0.771. The van der Waals surface area contributed by atoms with Gasteiger partial charge in [0, 0.05) is 5.69 Å². The number of nitrogens with zero attached hydrogens (tertiary/aromatic N) is 1. The normalized spacial score (nSPS) is 13.1. The van der Waals surface area contributed by atoms with Gasteiger partial charge in [-0.1, -0.05) is 55.5 Å². The van der Waals surface area contributed by atoms with Crippen LogP contribution in [0.3, 0.4) is 0 Å². The van der Waals surface area contributed by atoms with Gasteiger partial charge < -0.3 is 15.3 Å². The fourth-order valence-electron chi connectivity index (χ4n) is 2.77. The molecular formula is C20H26N2O2. The molecule has 4 heteroatoms. The Hall–Kier alpha value is -2.33. The highest BCUT2D eigenvalue weighted by molar-refractivity contribution is 5.82. The average molecular weight is 326 g/mol. The quantitative estimate of drug-likeness (QED) is 0.783. The molecule has 2 aromatic rings. The van der Waals surface area contributed by atoms with Crippen molar-refractivity contribution in [2.24, 2.45) is 0 Å². The minimum Gasteiger partial charge on any atom is -0.394 e. The van der Waals surface area contributed by atoms with Gasteiger partial charge in [-0.25, -0.2) is 0 Å². The average Bonchev–Trinajstić information content (AvgIpc) is 2.63. The molecule has 2 N–H and O–H groups in total. The molecule has 2 atom stereocenters. The summed E-state index contributed by atoms with van der Waals surface area (Å²) in [5.74, 6) is -0.0536. The highest BCUT2D eigenvalue weighted by atomic mass is 16.3. The second-order valence-electron chi connectivity index (χ2n) is 5.91. The minimum atomic E-state index is -0.0785. The van der Waals surface area contributed by atoms with Gasteiger partial charge in [-0.3, -0.25) is 4.79 Å². The summed E-state index contributed by atoms with van der Waals surface area (Å²) in [5, 5.41) is 12.7. The third kappa shape index (κ3) is 4.83. The Morgan fingerprint density at radius 1 is 1.08 bits per heavy atom. The van der Waals surface area contributed by atoms with E-state index >= 15 is 0 Å². The summed E-state index contributed by atoms with van der Waals surface area (Å²) < 4.78 is 0.